The fourth-order valence-electron chi connectivity index (χ4n) is 2.33. The highest BCUT2D eigenvalue weighted by Gasteiger charge is 2.18. The van der Waals surface area contributed by atoms with E-state index in [9.17, 15) is 14.7 Å². The first-order valence-corrected chi connectivity index (χ1v) is 7.58. The molecule has 0 aliphatic rings. The lowest BCUT2D eigenvalue weighted by Crippen LogP contribution is -2.16. The van der Waals surface area contributed by atoms with Crippen LogP contribution < -0.4 is 10.1 Å². The van der Waals surface area contributed by atoms with Crippen LogP contribution in [0.1, 0.15) is 40.3 Å². The first kappa shape index (κ1) is 17.5. The Hall–Kier alpha value is -2.83. The molecule has 7 heteroatoms. The van der Waals surface area contributed by atoms with E-state index in [1.54, 1.807) is 10.7 Å². The number of carbonyl (C=O) groups is 2. The second-order valence-corrected chi connectivity index (χ2v) is 5.89. The molecule has 0 aliphatic carbocycles. The number of aromatic nitrogens is 2. The zero-order valence-corrected chi connectivity index (χ0v) is 14.2. The Morgan fingerprint density at radius 1 is 1.33 bits per heavy atom. The summed E-state index contributed by atoms with van der Waals surface area (Å²) in [6, 6.07) is 4.47. The van der Waals surface area contributed by atoms with Crippen LogP contribution in [0, 0.1) is 12.8 Å². The second kappa shape index (κ2) is 7.16. The van der Waals surface area contributed by atoms with E-state index in [0.717, 1.165) is 5.69 Å². The van der Waals surface area contributed by atoms with E-state index in [-0.39, 0.29) is 11.3 Å². The number of anilines is 1. The van der Waals surface area contributed by atoms with Gasteiger partial charge < -0.3 is 15.2 Å². The molecular weight excluding hydrogens is 310 g/mol. The van der Waals surface area contributed by atoms with Gasteiger partial charge in [-0.3, -0.25) is 9.48 Å². The zero-order chi connectivity index (χ0) is 17.9. The normalized spacial score (nSPS) is 10.7. The summed E-state index contributed by atoms with van der Waals surface area (Å²) in [7, 11) is 1.45. The van der Waals surface area contributed by atoms with Crippen LogP contribution in [0.5, 0.6) is 5.75 Å². The van der Waals surface area contributed by atoms with Gasteiger partial charge in [0.1, 0.15) is 5.75 Å². The van der Waals surface area contributed by atoms with Gasteiger partial charge >= 0.3 is 5.97 Å². The Balaban J connectivity index is 2.27. The highest BCUT2D eigenvalue weighted by Crippen LogP contribution is 2.23. The number of nitrogens with one attached hydrogen (secondary N) is 1. The molecule has 1 amide bonds. The molecule has 0 radical (unpaired) electrons. The molecule has 2 N–H and O–H groups in total. The molecule has 1 aromatic heterocycles. The third-order valence-corrected chi connectivity index (χ3v) is 3.59. The molecule has 1 aromatic carbocycles. The van der Waals surface area contributed by atoms with Gasteiger partial charge in [0.2, 0.25) is 0 Å². The van der Waals surface area contributed by atoms with Crippen molar-refractivity contribution in [1.29, 1.82) is 0 Å². The van der Waals surface area contributed by atoms with E-state index in [4.69, 9.17) is 4.74 Å². The lowest BCUT2D eigenvalue weighted by molar-refractivity contribution is 0.0697. The number of ether oxygens (including phenoxy) is 1. The number of aromatic carboxylic acids is 1. The minimum Gasteiger partial charge on any atom is -0.497 e. The van der Waals surface area contributed by atoms with Crippen molar-refractivity contribution < 1.29 is 19.4 Å². The number of hydrogen-bond donors (Lipinski definition) is 2. The highest BCUT2D eigenvalue weighted by molar-refractivity contribution is 6.08. The number of methoxy groups -OCH3 is 1. The molecule has 2 aromatic rings. The number of hydrogen-bond acceptors (Lipinski definition) is 4. The summed E-state index contributed by atoms with van der Waals surface area (Å²) < 4.78 is 6.79. The number of carboxylic acid groups (broad SMARTS) is 1. The van der Waals surface area contributed by atoms with Gasteiger partial charge in [-0.05, 0) is 31.0 Å². The molecule has 0 unspecified atom stereocenters. The van der Waals surface area contributed by atoms with Gasteiger partial charge in [-0.25, -0.2) is 4.79 Å². The van der Waals surface area contributed by atoms with E-state index in [0.29, 0.717) is 23.8 Å². The zero-order valence-electron chi connectivity index (χ0n) is 14.2. The SMILES string of the molecule is COc1ccc(NC(=O)c2cnn(CC(C)C)c2C)c(C(=O)O)c1. The van der Waals surface area contributed by atoms with Crippen molar-refractivity contribution in [2.75, 3.05) is 12.4 Å². The van der Waals surface area contributed by atoms with Gasteiger partial charge in [0.05, 0.1) is 30.1 Å². The maximum atomic E-state index is 12.5. The fourth-order valence-corrected chi connectivity index (χ4v) is 2.33. The summed E-state index contributed by atoms with van der Waals surface area (Å²) in [5, 5.41) is 16.2. The van der Waals surface area contributed by atoms with Crippen molar-refractivity contribution in [1.82, 2.24) is 9.78 Å². The predicted octanol–water partition coefficient (Wildman–Crippen LogP) is 2.81. The smallest absolute Gasteiger partial charge is 0.337 e. The largest absolute Gasteiger partial charge is 0.497 e. The van der Waals surface area contributed by atoms with Gasteiger partial charge in [-0.15, -0.1) is 0 Å². The molecule has 1 heterocycles. The van der Waals surface area contributed by atoms with Crippen LogP contribution >= 0.6 is 0 Å². The van der Waals surface area contributed by atoms with Crippen molar-refractivity contribution in [3.8, 4) is 5.75 Å². The summed E-state index contributed by atoms with van der Waals surface area (Å²) in [5.41, 5.74) is 1.34. The van der Waals surface area contributed by atoms with Crippen LogP contribution in [0.3, 0.4) is 0 Å². The maximum Gasteiger partial charge on any atom is 0.337 e. The van der Waals surface area contributed by atoms with Crippen LogP contribution in [0.15, 0.2) is 24.4 Å². The number of rotatable bonds is 6. The maximum absolute atomic E-state index is 12.5. The van der Waals surface area contributed by atoms with Crippen molar-refractivity contribution in [2.45, 2.75) is 27.3 Å². The summed E-state index contributed by atoms with van der Waals surface area (Å²) in [6.07, 6.45) is 1.50. The van der Waals surface area contributed by atoms with E-state index >= 15 is 0 Å². The molecule has 0 spiro atoms. The molecule has 0 fully saturated rings. The molecule has 24 heavy (non-hydrogen) atoms. The van der Waals surface area contributed by atoms with E-state index < -0.39 is 11.9 Å². The molecule has 0 bridgehead atoms. The Morgan fingerprint density at radius 2 is 2.04 bits per heavy atom. The minimum absolute atomic E-state index is 0.0325. The van der Waals surface area contributed by atoms with Crippen molar-refractivity contribution in [3.63, 3.8) is 0 Å². The summed E-state index contributed by atoms with van der Waals surface area (Å²) in [4.78, 5) is 23.9. The monoisotopic (exact) mass is 331 g/mol. The Morgan fingerprint density at radius 3 is 2.62 bits per heavy atom. The van der Waals surface area contributed by atoms with Gasteiger partial charge in [0.15, 0.2) is 0 Å². The topological polar surface area (TPSA) is 93.5 Å². The molecule has 0 saturated heterocycles. The number of benzene rings is 1. The number of amides is 1. The third kappa shape index (κ3) is 3.73. The van der Waals surface area contributed by atoms with Gasteiger partial charge in [0.25, 0.3) is 5.91 Å². The predicted molar refractivity (Wildman–Crippen MR) is 89.7 cm³/mol. The third-order valence-electron chi connectivity index (χ3n) is 3.59. The number of nitrogens with zero attached hydrogens (tertiary/aromatic N) is 2. The number of carbonyl (C=O) groups excluding carboxylic acids is 1. The Bertz CT molecular complexity index is 765. The van der Waals surface area contributed by atoms with Gasteiger partial charge in [0, 0.05) is 12.2 Å². The molecular formula is C17H21N3O4. The second-order valence-electron chi connectivity index (χ2n) is 5.89. The average Bonchev–Trinajstić information content (AvgIpc) is 2.88. The molecule has 0 atom stereocenters. The summed E-state index contributed by atoms with van der Waals surface area (Å²) >= 11 is 0. The van der Waals surface area contributed by atoms with Crippen LogP contribution in [-0.2, 0) is 6.54 Å². The molecule has 7 nitrogen and oxygen atoms in total. The average molecular weight is 331 g/mol. The molecule has 2 rings (SSSR count). The highest BCUT2D eigenvalue weighted by atomic mass is 16.5. The van der Waals surface area contributed by atoms with E-state index in [2.05, 4.69) is 24.3 Å². The molecule has 128 valence electrons. The van der Waals surface area contributed by atoms with Crippen LogP contribution in [-0.4, -0.2) is 33.9 Å². The lowest BCUT2D eigenvalue weighted by atomic mass is 10.1. The molecule has 0 saturated carbocycles. The van der Waals surface area contributed by atoms with Crippen LogP contribution in [0.4, 0.5) is 5.69 Å². The standard InChI is InChI=1S/C17H21N3O4/c1-10(2)9-20-11(3)14(8-18-20)16(21)19-15-6-5-12(24-4)7-13(15)17(22)23/h5-8,10H,9H2,1-4H3,(H,19,21)(H,22,23). The van der Waals surface area contributed by atoms with Crippen molar-refractivity contribution in [2.24, 2.45) is 5.92 Å². The van der Waals surface area contributed by atoms with Crippen molar-refractivity contribution >= 4 is 17.6 Å². The first-order valence-electron chi connectivity index (χ1n) is 7.58. The van der Waals surface area contributed by atoms with Crippen molar-refractivity contribution in [3.05, 3.63) is 41.2 Å². The summed E-state index contributed by atoms with van der Waals surface area (Å²) in [6.45, 7) is 6.66. The van der Waals surface area contributed by atoms with E-state index in [1.165, 1.54) is 25.4 Å². The fraction of sp³-hybridized carbons (Fsp3) is 0.353. The quantitative estimate of drug-likeness (QED) is 0.849. The van der Waals surface area contributed by atoms with E-state index in [1.807, 2.05) is 6.92 Å². The Labute approximate surface area is 140 Å². The molecule has 0 aliphatic heterocycles. The van der Waals surface area contributed by atoms with Crippen LogP contribution in [0.25, 0.3) is 0 Å². The van der Waals surface area contributed by atoms with Crippen LogP contribution in [0.2, 0.25) is 0 Å². The Kier molecular flexibility index (Phi) is 5.23. The minimum atomic E-state index is -1.14. The first-order chi connectivity index (χ1) is 11.3. The number of carboxylic acids is 1. The lowest BCUT2D eigenvalue weighted by Gasteiger charge is -2.11. The summed E-state index contributed by atoms with van der Waals surface area (Å²) in [5.74, 6) is -0.724. The van der Waals surface area contributed by atoms with Gasteiger partial charge in [-0.1, -0.05) is 13.8 Å². The van der Waals surface area contributed by atoms with Gasteiger partial charge in [-0.2, -0.15) is 5.10 Å².